The van der Waals surface area contributed by atoms with E-state index < -0.39 is 11.4 Å². The van der Waals surface area contributed by atoms with Gasteiger partial charge in [-0.3, -0.25) is 9.59 Å². The zero-order chi connectivity index (χ0) is 21.1. The quantitative estimate of drug-likeness (QED) is 0.555. The van der Waals surface area contributed by atoms with Gasteiger partial charge in [0.25, 0.3) is 5.91 Å². The van der Waals surface area contributed by atoms with Gasteiger partial charge in [-0.25, -0.2) is 4.98 Å². The number of rotatable bonds is 5. The van der Waals surface area contributed by atoms with E-state index in [1.807, 2.05) is 12.1 Å². The number of pyridine rings is 1. The average molecular weight is 424 g/mol. The summed E-state index contributed by atoms with van der Waals surface area (Å²) in [4.78, 5) is 28.9. The zero-order valence-electron chi connectivity index (χ0n) is 16.0. The number of hydrogen-bond acceptors (Lipinski definition) is 3. The second-order valence-corrected chi connectivity index (χ2v) is 7.74. The Balaban J connectivity index is 1.48. The second kappa shape index (κ2) is 8.24. The molecule has 0 saturated heterocycles. The van der Waals surface area contributed by atoms with Crippen molar-refractivity contribution >= 4 is 34.8 Å². The first kappa shape index (κ1) is 20.0. The highest BCUT2D eigenvalue weighted by Gasteiger charge is 2.45. The van der Waals surface area contributed by atoms with Crippen LogP contribution in [0, 0.1) is 5.95 Å². The highest BCUT2D eigenvalue weighted by Crippen LogP contribution is 2.44. The summed E-state index contributed by atoms with van der Waals surface area (Å²) in [6, 6.07) is 16.7. The monoisotopic (exact) mass is 423 g/mol. The Morgan fingerprint density at radius 1 is 0.967 bits per heavy atom. The third-order valence-corrected chi connectivity index (χ3v) is 5.64. The van der Waals surface area contributed by atoms with Gasteiger partial charge in [0.1, 0.15) is 0 Å². The molecule has 5 nitrogen and oxygen atoms in total. The van der Waals surface area contributed by atoms with Crippen molar-refractivity contribution in [3.63, 3.8) is 0 Å². The van der Waals surface area contributed by atoms with Crippen LogP contribution in [0.5, 0.6) is 0 Å². The van der Waals surface area contributed by atoms with Crippen molar-refractivity contribution in [3.8, 4) is 0 Å². The molecular weight excluding hydrogens is 405 g/mol. The first-order valence-electron chi connectivity index (χ1n) is 9.57. The summed E-state index contributed by atoms with van der Waals surface area (Å²) in [5.41, 5.74) is 1.79. The standard InChI is InChI=1S/C23H19ClFN3O2/c24-17-4-1-3-15(13-17)21(29)27-18-7-5-16(6-8-18)23(11-2-12-23)22(30)28-19-9-10-20(25)26-14-19/h1,3-10,13-14H,2,11-12H2,(H,27,29)(H,28,30). The van der Waals surface area contributed by atoms with Crippen molar-refractivity contribution in [2.45, 2.75) is 24.7 Å². The molecule has 1 heterocycles. The van der Waals surface area contributed by atoms with E-state index in [2.05, 4.69) is 15.6 Å². The third-order valence-electron chi connectivity index (χ3n) is 5.41. The van der Waals surface area contributed by atoms with E-state index in [0.717, 1.165) is 24.8 Å². The van der Waals surface area contributed by atoms with E-state index in [-0.39, 0.29) is 11.8 Å². The molecule has 7 heteroatoms. The molecule has 2 amide bonds. The number of carbonyl (C=O) groups excluding carboxylic acids is 2. The van der Waals surface area contributed by atoms with Crippen LogP contribution in [0.4, 0.5) is 15.8 Å². The van der Waals surface area contributed by atoms with E-state index in [4.69, 9.17) is 11.6 Å². The molecule has 0 spiro atoms. The van der Waals surface area contributed by atoms with E-state index in [1.165, 1.54) is 18.3 Å². The van der Waals surface area contributed by atoms with E-state index >= 15 is 0 Å². The fraction of sp³-hybridized carbons (Fsp3) is 0.174. The summed E-state index contributed by atoms with van der Waals surface area (Å²) in [5.74, 6) is -0.996. The molecule has 1 aliphatic rings. The maximum Gasteiger partial charge on any atom is 0.255 e. The summed E-state index contributed by atoms with van der Waals surface area (Å²) >= 11 is 5.94. The van der Waals surface area contributed by atoms with Crippen LogP contribution >= 0.6 is 11.6 Å². The first-order chi connectivity index (χ1) is 14.5. The Morgan fingerprint density at radius 3 is 2.30 bits per heavy atom. The molecule has 1 aromatic heterocycles. The van der Waals surface area contributed by atoms with Crippen LogP contribution in [-0.2, 0) is 10.2 Å². The Labute approximate surface area is 178 Å². The molecule has 152 valence electrons. The Kier molecular flexibility index (Phi) is 5.50. The number of anilines is 2. The largest absolute Gasteiger partial charge is 0.324 e. The fourth-order valence-electron chi connectivity index (χ4n) is 3.58. The Hall–Kier alpha value is -3.25. The van der Waals surface area contributed by atoms with Gasteiger partial charge < -0.3 is 10.6 Å². The summed E-state index contributed by atoms with van der Waals surface area (Å²) < 4.78 is 13.0. The molecule has 2 aromatic carbocycles. The van der Waals surface area contributed by atoms with E-state index in [0.29, 0.717) is 22.0 Å². The maximum atomic E-state index is 13.0. The normalized spacial score (nSPS) is 14.5. The summed E-state index contributed by atoms with van der Waals surface area (Å²) in [5, 5.41) is 6.16. The summed E-state index contributed by atoms with van der Waals surface area (Å²) in [6.45, 7) is 0. The maximum absolute atomic E-state index is 13.0. The van der Waals surface area contributed by atoms with Gasteiger partial charge in [-0.05, 0) is 60.9 Å². The highest BCUT2D eigenvalue weighted by atomic mass is 35.5. The van der Waals surface area contributed by atoms with Crippen LogP contribution in [-0.4, -0.2) is 16.8 Å². The molecule has 0 radical (unpaired) electrons. The number of benzene rings is 2. The number of aromatic nitrogens is 1. The number of amides is 2. The molecule has 0 bridgehead atoms. The van der Waals surface area contributed by atoms with Gasteiger partial charge in [-0.2, -0.15) is 4.39 Å². The van der Waals surface area contributed by atoms with Crippen molar-refractivity contribution < 1.29 is 14.0 Å². The van der Waals surface area contributed by atoms with Gasteiger partial charge in [0.15, 0.2) is 0 Å². The van der Waals surface area contributed by atoms with Gasteiger partial charge in [0, 0.05) is 16.3 Å². The lowest BCUT2D eigenvalue weighted by Gasteiger charge is -2.40. The van der Waals surface area contributed by atoms with Gasteiger partial charge in [0.2, 0.25) is 11.9 Å². The number of nitrogens with zero attached hydrogens (tertiary/aromatic N) is 1. The SMILES string of the molecule is O=C(Nc1ccc(C2(C(=O)Nc3ccc(F)nc3)CCC2)cc1)c1cccc(Cl)c1. The molecule has 0 aliphatic heterocycles. The van der Waals surface area contributed by atoms with E-state index in [1.54, 1.807) is 36.4 Å². The molecule has 1 fully saturated rings. The molecule has 1 saturated carbocycles. The Morgan fingerprint density at radius 2 is 1.70 bits per heavy atom. The van der Waals surface area contributed by atoms with Crippen LogP contribution in [0.2, 0.25) is 5.02 Å². The molecular formula is C23H19ClFN3O2. The zero-order valence-corrected chi connectivity index (χ0v) is 16.7. The van der Waals surface area contributed by atoms with Crippen LogP contribution in [0.15, 0.2) is 66.9 Å². The number of nitrogens with one attached hydrogen (secondary N) is 2. The average Bonchev–Trinajstić information content (AvgIpc) is 2.70. The Bertz CT molecular complexity index is 1080. The van der Waals surface area contributed by atoms with E-state index in [9.17, 15) is 14.0 Å². The highest BCUT2D eigenvalue weighted by molar-refractivity contribution is 6.31. The molecule has 3 aromatic rings. The van der Waals surface area contributed by atoms with Crippen molar-refractivity contribution in [2.24, 2.45) is 0 Å². The molecule has 0 atom stereocenters. The van der Waals surface area contributed by atoms with Crippen molar-refractivity contribution in [3.05, 3.63) is 89.0 Å². The van der Waals surface area contributed by atoms with Crippen LogP contribution in [0.3, 0.4) is 0 Å². The lowest BCUT2D eigenvalue weighted by atomic mass is 9.63. The van der Waals surface area contributed by atoms with Gasteiger partial charge >= 0.3 is 0 Å². The van der Waals surface area contributed by atoms with Gasteiger partial charge in [-0.1, -0.05) is 36.2 Å². The summed E-state index contributed by atoms with van der Waals surface area (Å²) in [6.07, 6.45) is 3.69. The number of carbonyl (C=O) groups is 2. The lowest BCUT2D eigenvalue weighted by Crippen LogP contribution is -2.46. The second-order valence-electron chi connectivity index (χ2n) is 7.30. The topological polar surface area (TPSA) is 71.1 Å². The lowest BCUT2D eigenvalue weighted by molar-refractivity contribution is -0.124. The first-order valence-corrected chi connectivity index (χ1v) is 9.95. The van der Waals surface area contributed by atoms with Crippen LogP contribution in [0.25, 0.3) is 0 Å². The minimum Gasteiger partial charge on any atom is -0.324 e. The smallest absolute Gasteiger partial charge is 0.255 e. The van der Waals surface area contributed by atoms with Crippen molar-refractivity contribution in [1.29, 1.82) is 0 Å². The van der Waals surface area contributed by atoms with Crippen molar-refractivity contribution in [1.82, 2.24) is 4.98 Å². The predicted molar refractivity (Wildman–Crippen MR) is 114 cm³/mol. The van der Waals surface area contributed by atoms with Gasteiger partial charge in [0.05, 0.1) is 17.3 Å². The molecule has 0 unspecified atom stereocenters. The number of halogens is 2. The third kappa shape index (κ3) is 4.04. The van der Waals surface area contributed by atoms with Crippen LogP contribution in [0.1, 0.15) is 35.2 Å². The molecule has 1 aliphatic carbocycles. The minimum atomic E-state index is -0.635. The molecule has 4 rings (SSSR count). The van der Waals surface area contributed by atoms with Gasteiger partial charge in [-0.15, -0.1) is 0 Å². The molecule has 2 N–H and O–H groups in total. The minimum absolute atomic E-state index is 0.141. The summed E-state index contributed by atoms with van der Waals surface area (Å²) in [7, 11) is 0. The number of hydrogen-bond donors (Lipinski definition) is 2. The molecule has 30 heavy (non-hydrogen) atoms. The van der Waals surface area contributed by atoms with Crippen LogP contribution < -0.4 is 10.6 Å². The van der Waals surface area contributed by atoms with Crippen molar-refractivity contribution in [2.75, 3.05) is 10.6 Å². The fourth-order valence-corrected chi connectivity index (χ4v) is 3.77. The predicted octanol–water partition coefficient (Wildman–Crippen LogP) is 5.19.